The topological polar surface area (TPSA) is 0 Å². The molecule has 0 amide bonds. The average molecular weight is 248 g/mol. The third-order valence-electron chi connectivity index (χ3n) is 4.48. The Hall–Kier alpha value is -1.82. The summed E-state index contributed by atoms with van der Waals surface area (Å²) in [5, 5.41) is 2.79. The fourth-order valence-electron chi connectivity index (χ4n) is 3.12. The zero-order valence-corrected chi connectivity index (χ0v) is 12.2. The van der Waals surface area contributed by atoms with Gasteiger partial charge in [0.15, 0.2) is 0 Å². The standard InChI is InChI=1S/C19H20/c1-5-12(2)16-7-6-8-18-17(16)10-9-15-11-13(3)14(4)19(15)18/h5-10H,11H2,1-4H3. The second-order valence-corrected chi connectivity index (χ2v) is 5.55. The first kappa shape index (κ1) is 12.2. The average Bonchev–Trinajstić information content (AvgIpc) is 2.73. The van der Waals surface area contributed by atoms with Gasteiger partial charge >= 0.3 is 0 Å². The highest BCUT2D eigenvalue weighted by Gasteiger charge is 2.18. The van der Waals surface area contributed by atoms with Crippen molar-refractivity contribution in [3.8, 4) is 0 Å². The van der Waals surface area contributed by atoms with E-state index < -0.39 is 0 Å². The van der Waals surface area contributed by atoms with E-state index in [0.717, 1.165) is 6.42 Å². The van der Waals surface area contributed by atoms with Gasteiger partial charge < -0.3 is 0 Å². The van der Waals surface area contributed by atoms with E-state index in [9.17, 15) is 0 Å². The SMILES string of the molecule is CC=C(C)c1cccc2c3c(ccc12)CC(C)=C3C. The van der Waals surface area contributed by atoms with Gasteiger partial charge in [0.05, 0.1) is 0 Å². The van der Waals surface area contributed by atoms with Crippen LogP contribution >= 0.6 is 0 Å². The van der Waals surface area contributed by atoms with Gasteiger partial charge in [-0.15, -0.1) is 0 Å². The highest BCUT2D eigenvalue weighted by molar-refractivity contribution is 6.02. The van der Waals surface area contributed by atoms with Crippen molar-refractivity contribution in [1.82, 2.24) is 0 Å². The molecule has 0 saturated heterocycles. The first-order chi connectivity index (χ1) is 9.13. The maximum atomic E-state index is 2.31. The Kier molecular flexibility index (Phi) is 2.82. The molecule has 0 atom stereocenters. The normalized spacial score (nSPS) is 15.3. The molecule has 0 aromatic heterocycles. The van der Waals surface area contributed by atoms with Gasteiger partial charge in [0.2, 0.25) is 0 Å². The molecule has 0 heteroatoms. The molecule has 2 aromatic carbocycles. The summed E-state index contributed by atoms with van der Waals surface area (Å²) in [6.07, 6.45) is 3.31. The lowest BCUT2D eigenvalue weighted by Crippen LogP contribution is -1.89. The minimum Gasteiger partial charge on any atom is -0.0841 e. The molecule has 0 aliphatic heterocycles. The summed E-state index contributed by atoms with van der Waals surface area (Å²) in [5.74, 6) is 0. The van der Waals surface area contributed by atoms with Crippen molar-refractivity contribution in [2.45, 2.75) is 34.1 Å². The number of fused-ring (bicyclic) bond motifs is 3. The molecule has 0 nitrogen and oxygen atoms in total. The summed E-state index contributed by atoms with van der Waals surface area (Å²) in [6, 6.07) is 11.3. The lowest BCUT2D eigenvalue weighted by molar-refractivity contribution is 1.19. The van der Waals surface area contributed by atoms with Crippen LogP contribution in [0, 0.1) is 0 Å². The highest BCUT2D eigenvalue weighted by Crippen LogP contribution is 2.39. The number of rotatable bonds is 1. The molecule has 0 radical (unpaired) electrons. The van der Waals surface area contributed by atoms with Crippen molar-refractivity contribution in [3.63, 3.8) is 0 Å². The van der Waals surface area contributed by atoms with Crippen LogP contribution in [0.15, 0.2) is 42.0 Å². The maximum Gasteiger partial charge on any atom is -0.00577 e. The zero-order valence-electron chi connectivity index (χ0n) is 12.2. The van der Waals surface area contributed by atoms with Gasteiger partial charge in [0.1, 0.15) is 0 Å². The Morgan fingerprint density at radius 2 is 1.84 bits per heavy atom. The van der Waals surface area contributed by atoms with Gasteiger partial charge in [0.25, 0.3) is 0 Å². The molecular weight excluding hydrogens is 228 g/mol. The van der Waals surface area contributed by atoms with Crippen molar-refractivity contribution >= 4 is 21.9 Å². The summed E-state index contributed by atoms with van der Waals surface area (Å²) in [5.41, 5.74) is 8.65. The number of allylic oxidation sites excluding steroid dienone is 4. The van der Waals surface area contributed by atoms with Crippen LogP contribution in [-0.4, -0.2) is 0 Å². The molecule has 19 heavy (non-hydrogen) atoms. The van der Waals surface area contributed by atoms with Gasteiger partial charge in [-0.05, 0) is 72.7 Å². The molecule has 0 bridgehead atoms. The molecule has 2 aromatic rings. The minimum atomic E-state index is 1.12. The Morgan fingerprint density at radius 3 is 2.58 bits per heavy atom. The monoisotopic (exact) mass is 248 g/mol. The van der Waals surface area contributed by atoms with Crippen LogP contribution < -0.4 is 0 Å². The Morgan fingerprint density at radius 1 is 1.05 bits per heavy atom. The number of hydrogen-bond donors (Lipinski definition) is 0. The Balaban J connectivity index is 2.39. The van der Waals surface area contributed by atoms with Crippen molar-refractivity contribution in [2.24, 2.45) is 0 Å². The summed E-state index contributed by atoms with van der Waals surface area (Å²) in [6.45, 7) is 8.81. The fraction of sp³-hybridized carbons (Fsp3) is 0.263. The first-order valence-electron chi connectivity index (χ1n) is 6.98. The second kappa shape index (κ2) is 4.38. The van der Waals surface area contributed by atoms with Crippen molar-refractivity contribution in [1.29, 1.82) is 0 Å². The van der Waals surface area contributed by atoms with E-state index in [-0.39, 0.29) is 0 Å². The second-order valence-electron chi connectivity index (χ2n) is 5.55. The van der Waals surface area contributed by atoms with Crippen LogP contribution in [0.4, 0.5) is 0 Å². The van der Waals surface area contributed by atoms with Crippen LogP contribution in [0.3, 0.4) is 0 Å². The number of hydrogen-bond acceptors (Lipinski definition) is 0. The fourth-order valence-corrected chi connectivity index (χ4v) is 3.12. The smallest absolute Gasteiger partial charge is 0.00577 e. The molecule has 0 saturated carbocycles. The van der Waals surface area contributed by atoms with E-state index in [4.69, 9.17) is 0 Å². The first-order valence-corrected chi connectivity index (χ1v) is 6.98. The molecule has 0 N–H and O–H groups in total. The van der Waals surface area contributed by atoms with Crippen molar-refractivity contribution < 1.29 is 0 Å². The van der Waals surface area contributed by atoms with Gasteiger partial charge in [-0.2, -0.15) is 0 Å². The lowest BCUT2D eigenvalue weighted by Gasteiger charge is -2.12. The molecule has 1 aliphatic carbocycles. The highest BCUT2D eigenvalue weighted by atomic mass is 14.2. The van der Waals surface area contributed by atoms with E-state index in [0.29, 0.717) is 0 Å². The van der Waals surface area contributed by atoms with Crippen molar-refractivity contribution in [2.75, 3.05) is 0 Å². The van der Waals surface area contributed by atoms with E-state index >= 15 is 0 Å². The Labute approximate surface area is 115 Å². The van der Waals surface area contributed by atoms with E-state index in [1.165, 1.54) is 44.2 Å². The molecule has 3 rings (SSSR count). The molecule has 0 spiro atoms. The van der Waals surface area contributed by atoms with Gasteiger partial charge in [0, 0.05) is 0 Å². The summed E-state index contributed by atoms with van der Waals surface area (Å²) in [4.78, 5) is 0. The van der Waals surface area contributed by atoms with Crippen LogP contribution in [-0.2, 0) is 6.42 Å². The molecule has 0 fully saturated rings. The third-order valence-corrected chi connectivity index (χ3v) is 4.48. The molecule has 0 unspecified atom stereocenters. The van der Waals surface area contributed by atoms with Crippen molar-refractivity contribution in [3.05, 3.63) is 58.7 Å². The lowest BCUT2D eigenvalue weighted by atomic mass is 9.92. The Bertz CT molecular complexity index is 727. The number of benzene rings is 2. The predicted molar refractivity (Wildman–Crippen MR) is 85.2 cm³/mol. The quantitative estimate of drug-likeness (QED) is 0.615. The molecule has 96 valence electrons. The van der Waals surface area contributed by atoms with E-state index in [1.54, 1.807) is 0 Å². The van der Waals surface area contributed by atoms with Crippen LogP contribution in [0.1, 0.15) is 44.4 Å². The van der Waals surface area contributed by atoms with Gasteiger partial charge in [-0.25, -0.2) is 0 Å². The van der Waals surface area contributed by atoms with E-state index in [1.807, 2.05) is 0 Å². The van der Waals surface area contributed by atoms with Crippen LogP contribution in [0.5, 0.6) is 0 Å². The zero-order chi connectivity index (χ0) is 13.6. The predicted octanol–water partition coefficient (Wildman–Crippen LogP) is 5.61. The summed E-state index contributed by atoms with van der Waals surface area (Å²) >= 11 is 0. The molecule has 0 heterocycles. The maximum absolute atomic E-state index is 2.31. The molecule has 1 aliphatic rings. The minimum absolute atomic E-state index is 1.12. The third kappa shape index (κ3) is 1.74. The molecular formula is C19H20. The van der Waals surface area contributed by atoms with Gasteiger partial charge in [-0.1, -0.05) is 42.0 Å². The van der Waals surface area contributed by atoms with Crippen LogP contribution in [0.25, 0.3) is 21.9 Å². The van der Waals surface area contributed by atoms with E-state index in [2.05, 4.69) is 64.1 Å². The summed E-state index contributed by atoms with van der Waals surface area (Å²) < 4.78 is 0. The van der Waals surface area contributed by atoms with Crippen LogP contribution in [0.2, 0.25) is 0 Å². The summed E-state index contributed by atoms with van der Waals surface area (Å²) in [7, 11) is 0. The largest absolute Gasteiger partial charge is 0.0841 e. The van der Waals surface area contributed by atoms with Gasteiger partial charge in [-0.3, -0.25) is 0 Å².